The summed E-state index contributed by atoms with van der Waals surface area (Å²) in [5.74, 6) is 0.743. The van der Waals surface area contributed by atoms with Gasteiger partial charge in [0.25, 0.3) is 5.91 Å². The topological polar surface area (TPSA) is 60.5 Å². The van der Waals surface area contributed by atoms with Crippen LogP contribution in [0.5, 0.6) is 0 Å². The van der Waals surface area contributed by atoms with E-state index in [4.69, 9.17) is 9.15 Å². The summed E-state index contributed by atoms with van der Waals surface area (Å²) in [6.45, 7) is 3.38. The first kappa shape index (κ1) is 15.8. The van der Waals surface area contributed by atoms with Gasteiger partial charge in [0.2, 0.25) is 0 Å². The number of aromatic nitrogens is 2. The van der Waals surface area contributed by atoms with E-state index in [1.807, 2.05) is 36.9 Å². The smallest absolute Gasteiger partial charge is 0.264 e. The molecule has 0 N–H and O–H groups in total. The first-order valence-electron chi connectivity index (χ1n) is 7.34. The molecule has 0 radical (unpaired) electrons. The highest BCUT2D eigenvalue weighted by molar-refractivity contribution is 7.20. The highest BCUT2D eigenvalue weighted by Gasteiger charge is 2.21. The molecule has 6 nitrogen and oxygen atoms in total. The van der Waals surface area contributed by atoms with E-state index in [1.54, 1.807) is 18.3 Å². The number of ether oxygens (including phenoxy) is 1. The maximum atomic E-state index is 12.9. The molecule has 122 valence electrons. The molecule has 0 atom stereocenters. The number of nitrogens with zero attached hydrogens (tertiary/aromatic N) is 3. The fraction of sp³-hybridized carbons (Fsp3) is 0.375. The summed E-state index contributed by atoms with van der Waals surface area (Å²) >= 11 is 1.47. The number of hydrogen-bond donors (Lipinski definition) is 0. The number of methoxy groups -OCH3 is 1. The molecular weight excluding hydrogens is 314 g/mol. The predicted molar refractivity (Wildman–Crippen MR) is 88.7 cm³/mol. The standard InChI is InChI=1S/C16H19N3O3S/c1-11-13-9-14(23-16(13)18(2)17-11)15(20)19(6-8-21-3)10-12-5-4-7-22-12/h4-5,7,9H,6,8,10H2,1-3H3. The Bertz CT molecular complexity index is 770. The molecule has 0 unspecified atom stereocenters. The van der Waals surface area contributed by atoms with Gasteiger partial charge in [0.1, 0.15) is 10.6 Å². The number of furan rings is 1. The Kier molecular flexibility index (Phi) is 4.49. The molecule has 0 aliphatic heterocycles. The second kappa shape index (κ2) is 6.55. The van der Waals surface area contributed by atoms with Crippen molar-refractivity contribution in [3.05, 3.63) is 40.8 Å². The minimum absolute atomic E-state index is 0.0148. The van der Waals surface area contributed by atoms with Crippen LogP contribution >= 0.6 is 11.3 Å². The molecular formula is C16H19N3O3S. The van der Waals surface area contributed by atoms with E-state index in [-0.39, 0.29) is 5.91 Å². The molecule has 7 heteroatoms. The summed E-state index contributed by atoms with van der Waals surface area (Å²) < 4.78 is 12.3. The molecule has 3 aromatic rings. The van der Waals surface area contributed by atoms with Gasteiger partial charge < -0.3 is 14.1 Å². The number of fused-ring (bicyclic) bond motifs is 1. The molecule has 23 heavy (non-hydrogen) atoms. The molecule has 0 bridgehead atoms. The second-order valence-corrected chi connectivity index (χ2v) is 6.37. The van der Waals surface area contributed by atoms with Gasteiger partial charge >= 0.3 is 0 Å². The largest absolute Gasteiger partial charge is 0.467 e. The van der Waals surface area contributed by atoms with Crippen molar-refractivity contribution >= 4 is 27.5 Å². The van der Waals surface area contributed by atoms with Crippen molar-refractivity contribution in [3.8, 4) is 0 Å². The molecule has 0 saturated carbocycles. The van der Waals surface area contributed by atoms with E-state index in [0.717, 1.165) is 21.7 Å². The summed E-state index contributed by atoms with van der Waals surface area (Å²) in [5, 5.41) is 5.41. The van der Waals surface area contributed by atoms with Gasteiger partial charge in [-0.2, -0.15) is 5.10 Å². The zero-order chi connectivity index (χ0) is 16.4. The average Bonchev–Trinajstić information content (AvgIpc) is 3.23. The maximum Gasteiger partial charge on any atom is 0.264 e. The summed E-state index contributed by atoms with van der Waals surface area (Å²) in [7, 11) is 3.52. The van der Waals surface area contributed by atoms with Crippen molar-refractivity contribution in [3.63, 3.8) is 0 Å². The zero-order valence-corrected chi connectivity index (χ0v) is 14.2. The minimum atomic E-state index is -0.0148. The van der Waals surface area contributed by atoms with Gasteiger partial charge in [-0.1, -0.05) is 0 Å². The van der Waals surface area contributed by atoms with E-state index >= 15 is 0 Å². The lowest BCUT2D eigenvalue weighted by Crippen LogP contribution is -2.32. The van der Waals surface area contributed by atoms with Crippen molar-refractivity contribution < 1.29 is 13.9 Å². The Morgan fingerprint density at radius 2 is 2.35 bits per heavy atom. The Hall–Kier alpha value is -2.12. The quantitative estimate of drug-likeness (QED) is 0.696. The Morgan fingerprint density at radius 3 is 3.00 bits per heavy atom. The van der Waals surface area contributed by atoms with Crippen LogP contribution in [0.4, 0.5) is 0 Å². The van der Waals surface area contributed by atoms with Crippen molar-refractivity contribution in [2.75, 3.05) is 20.3 Å². The van der Waals surface area contributed by atoms with E-state index in [0.29, 0.717) is 24.6 Å². The molecule has 0 fully saturated rings. The molecule has 0 aromatic carbocycles. The highest BCUT2D eigenvalue weighted by Crippen LogP contribution is 2.28. The molecule has 3 rings (SSSR count). The third-order valence-electron chi connectivity index (χ3n) is 3.69. The summed E-state index contributed by atoms with van der Waals surface area (Å²) in [6, 6.07) is 5.61. The van der Waals surface area contributed by atoms with Gasteiger partial charge in [-0.15, -0.1) is 11.3 Å². The van der Waals surface area contributed by atoms with Gasteiger partial charge in [0.05, 0.1) is 30.0 Å². The zero-order valence-electron chi connectivity index (χ0n) is 13.4. The first-order chi connectivity index (χ1) is 11.1. The third kappa shape index (κ3) is 3.16. The number of aryl methyl sites for hydroxylation is 2. The van der Waals surface area contributed by atoms with Gasteiger partial charge in [-0.05, 0) is 25.1 Å². The lowest BCUT2D eigenvalue weighted by Gasteiger charge is -2.20. The van der Waals surface area contributed by atoms with Crippen molar-refractivity contribution in [1.29, 1.82) is 0 Å². The van der Waals surface area contributed by atoms with E-state index in [2.05, 4.69) is 5.10 Å². The predicted octanol–water partition coefficient (Wildman–Crippen LogP) is 2.83. The van der Waals surface area contributed by atoms with Crippen LogP contribution in [0.2, 0.25) is 0 Å². The summed E-state index contributed by atoms with van der Waals surface area (Å²) in [5.41, 5.74) is 0.937. The molecule has 0 aliphatic rings. The normalized spacial score (nSPS) is 11.3. The van der Waals surface area contributed by atoms with Gasteiger partial charge in [0.15, 0.2) is 0 Å². The van der Waals surface area contributed by atoms with Crippen LogP contribution in [0.3, 0.4) is 0 Å². The Labute approximate surface area is 138 Å². The van der Waals surface area contributed by atoms with Crippen molar-refractivity contribution in [2.24, 2.45) is 7.05 Å². The van der Waals surface area contributed by atoms with Crippen LogP contribution < -0.4 is 0 Å². The average molecular weight is 333 g/mol. The molecule has 3 heterocycles. The second-order valence-electron chi connectivity index (χ2n) is 5.34. The molecule has 1 amide bonds. The third-order valence-corrected chi connectivity index (χ3v) is 4.88. The molecule has 0 saturated heterocycles. The van der Waals surface area contributed by atoms with Crippen molar-refractivity contribution in [2.45, 2.75) is 13.5 Å². The van der Waals surface area contributed by atoms with Crippen LogP contribution in [0.1, 0.15) is 21.1 Å². The number of hydrogen-bond acceptors (Lipinski definition) is 5. The maximum absolute atomic E-state index is 12.9. The minimum Gasteiger partial charge on any atom is -0.467 e. The monoisotopic (exact) mass is 333 g/mol. The number of thiophene rings is 1. The van der Waals surface area contributed by atoms with Crippen LogP contribution in [0.25, 0.3) is 10.2 Å². The van der Waals surface area contributed by atoms with E-state index in [1.165, 1.54) is 11.3 Å². The van der Waals surface area contributed by atoms with Gasteiger partial charge in [0, 0.05) is 26.1 Å². The lowest BCUT2D eigenvalue weighted by molar-refractivity contribution is 0.0671. The number of rotatable bonds is 6. The SMILES string of the molecule is COCCN(Cc1ccco1)C(=O)c1cc2c(C)nn(C)c2s1. The fourth-order valence-electron chi connectivity index (χ4n) is 2.51. The fourth-order valence-corrected chi connectivity index (χ4v) is 3.60. The first-order valence-corrected chi connectivity index (χ1v) is 8.15. The van der Waals surface area contributed by atoms with Crippen LogP contribution in [0.15, 0.2) is 28.9 Å². The van der Waals surface area contributed by atoms with Crippen LogP contribution in [0, 0.1) is 6.92 Å². The van der Waals surface area contributed by atoms with Gasteiger partial charge in [-0.25, -0.2) is 0 Å². The summed E-state index contributed by atoms with van der Waals surface area (Å²) in [6.07, 6.45) is 1.61. The van der Waals surface area contributed by atoms with Crippen LogP contribution in [-0.2, 0) is 18.3 Å². The number of carbonyl (C=O) groups excluding carboxylic acids is 1. The molecule has 0 aliphatic carbocycles. The van der Waals surface area contributed by atoms with Crippen LogP contribution in [-0.4, -0.2) is 40.8 Å². The van der Waals surface area contributed by atoms with E-state index < -0.39 is 0 Å². The molecule has 0 spiro atoms. The number of carbonyl (C=O) groups is 1. The molecule has 3 aromatic heterocycles. The Morgan fingerprint density at radius 1 is 1.52 bits per heavy atom. The lowest BCUT2D eigenvalue weighted by atomic mass is 10.3. The highest BCUT2D eigenvalue weighted by atomic mass is 32.1. The van der Waals surface area contributed by atoms with Crippen molar-refractivity contribution in [1.82, 2.24) is 14.7 Å². The number of amides is 1. The Balaban J connectivity index is 1.87. The van der Waals surface area contributed by atoms with E-state index in [9.17, 15) is 4.79 Å². The van der Waals surface area contributed by atoms with Gasteiger partial charge in [-0.3, -0.25) is 9.48 Å². The summed E-state index contributed by atoms with van der Waals surface area (Å²) in [4.78, 5) is 16.3.